The van der Waals surface area contributed by atoms with Crippen LogP contribution in [0, 0.1) is 5.92 Å². The van der Waals surface area contributed by atoms with E-state index in [0.29, 0.717) is 0 Å². The summed E-state index contributed by atoms with van der Waals surface area (Å²) in [5.74, 6) is 0.965. The maximum Gasteiger partial charge on any atom is 0.0223 e. The summed E-state index contributed by atoms with van der Waals surface area (Å²) in [5.41, 5.74) is 0. The minimum absolute atomic E-state index is 0.807. The van der Waals surface area contributed by atoms with Crippen molar-refractivity contribution in [2.75, 3.05) is 39.3 Å². The van der Waals surface area contributed by atoms with Gasteiger partial charge in [-0.25, -0.2) is 0 Å². The van der Waals surface area contributed by atoms with E-state index in [9.17, 15) is 0 Å². The van der Waals surface area contributed by atoms with Gasteiger partial charge in [-0.1, -0.05) is 6.92 Å². The van der Waals surface area contributed by atoms with Crippen LogP contribution in [0.25, 0.3) is 0 Å². The Balaban J connectivity index is 1.35. The summed E-state index contributed by atoms with van der Waals surface area (Å²) >= 11 is 0. The Morgan fingerprint density at radius 3 is 2.60 bits per heavy atom. The van der Waals surface area contributed by atoms with Crippen LogP contribution in [0.4, 0.5) is 0 Å². The number of fused-ring (bicyclic) bond motifs is 1. The first-order valence-electron chi connectivity index (χ1n) is 9.01. The van der Waals surface area contributed by atoms with Gasteiger partial charge in [0.05, 0.1) is 0 Å². The lowest BCUT2D eigenvalue weighted by Crippen LogP contribution is -2.42. The molecule has 0 amide bonds. The molecule has 0 aromatic carbocycles. The molecule has 3 aliphatic rings. The van der Waals surface area contributed by atoms with Crippen LogP contribution in [0.2, 0.25) is 0 Å². The number of hydrogen-bond acceptors (Lipinski definition) is 3. The largest absolute Gasteiger partial charge is 0.313 e. The highest BCUT2D eigenvalue weighted by Crippen LogP contribution is 2.23. The van der Waals surface area contributed by atoms with E-state index in [1.165, 1.54) is 84.2 Å². The number of rotatable bonds is 4. The van der Waals surface area contributed by atoms with Gasteiger partial charge in [0.1, 0.15) is 0 Å². The van der Waals surface area contributed by atoms with Crippen molar-refractivity contribution < 1.29 is 0 Å². The summed E-state index contributed by atoms with van der Waals surface area (Å²) in [6.45, 7) is 10.2. The van der Waals surface area contributed by atoms with Gasteiger partial charge in [-0.05, 0) is 70.5 Å². The highest BCUT2D eigenvalue weighted by molar-refractivity contribution is 4.85. The normalized spacial score (nSPS) is 36.8. The average Bonchev–Trinajstić information content (AvgIpc) is 2.80. The van der Waals surface area contributed by atoms with Crippen molar-refractivity contribution in [3.05, 3.63) is 0 Å². The molecule has 0 radical (unpaired) electrons. The monoisotopic (exact) mass is 279 g/mol. The quantitative estimate of drug-likeness (QED) is 0.852. The molecule has 3 rings (SSSR count). The third-order valence-corrected chi connectivity index (χ3v) is 5.76. The molecule has 2 aliphatic heterocycles. The van der Waals surface area contributed by atoms with Crippen LogP contribution < -0.4 is 5.32 Å². The molecule has 2 saturated heterocycles. The molecule has 1 saturated carbocycles. The van der Waals surface area contributed by atoms with Crippen LogP contribution >= 0.6 is 0 Å². The number of nitrogens with one attached hydrogen (secondary N) is 1. The standard InChI is InChI=1S/C17H33N3/c1-15-5-7-16(8-6-15)18-9-13-19-10-3-12-20-11-2-4-17(20)14-19/h15-18H,2-14H2,1H3. The molecule has 1 unspecified atom stereocenters. The van der Waals surface area contributed by atoms with Crippen molar-refractivity contribution in [2.45, 2.75) is 64.0 Å². The molecule has 1 atom stereocenters. The van der Waals surface area contributed by atoms with Crippen LogP contribution in [0.5, 0.6) is 0 Å². The Hall–Kier alpha value is -0.120. The lowest BCUT2D eigenvalue weighted by Gasteiger charge is -2.29. The summed E-state index contributed by atoms with van der Waals surface area (Å²) in [4.78, 5) is 5.45. The predicted molar refractivity (Wildman–Crippen MR) is 85.1 cm³/mol. The van der Waals surface area contributed by atoms with E-state index in [1.807, 2.05) is 0 Å². The van der Waals surface area contributed by atoms with Gasteiger partial charge in [0.15, 0.2) is 0 Å². The second-order valence-electron chi connectivity index (χ2n) is 7.40. The van der Waals surface area contributed by atoms with E-state index < -0.39 is 0 Å². The minimum Gasteiger partial charge on any atom is -0.313 e. The van der Waals surface area contributed by atoms with Crippen molar-refractivity contribution in [1.29, 1.82) is 0 Å². The minimum atomic E-state index is 0.807. The summed E-state index contributed by atoms with van der Waals surface area (Å²) in [5, 5.41) is 3.81. The third kappa shape index (κ3) is 3.96. The second kappa shape index (κ2) is 7.24. The molecule has 0 bridgehead atoms. The molecular weight excluding hydrogens is 246 g/mol. The Morgan fingerprint density at radius 2 is 1.75 bits per heavy atom. The van der Waals surface area contributed by atoms with Crippen LogP contribution in [0.15, 0.2) is 0 Å². The van der Waals surface area contributed by atoms with Gasteiger partial charge < -0.3 is 10.2 Å². The molecule has 0 aromatic heterocycles. The number of nitrogens with zero attached hydrogens (tertiary/aromatic N) is 2. The first kappa shape index (κ1) is 14.8. The summed E-state index contributed by atoms with van der Waals surface area (Å²) in [6.07, 6.45) is 9.89. The maximum absolute atomic E-state index is 3.81. The Kier molecular flexibility index (Phi) is 5.36. The third-order valence-electron chi connectivity index (χ3n) is 5.76. The van der Waals surface area contributed by atoms with Crippen LogP contribution in [0.3, 0.4) is 0 Å². The smallest absolute Gasteiger partial charge is 0.0223 e. The molecule has 0 spiro atoms. The van der Waals surface area contributed by atoms with E-state index in [4.69, 9.17) is 0 Å². The van der Waals surface area contributed by atoms with Crippen molar-refractivity contribution in [2.24, 2.45) is 5.92 Å². The topological polar surface area (TPSA) is 18.5 Å². The zero-order valence-electron chi connectivity index (χ0n) is 13.3. The highest BCUT2D eigenvalue weighted by Gasteiger charge is 2.28. The molecule has 0 aromatic rings. The van der Waals surface area contributed by atoms with Crippen molar-refractivity contribution in [3.63, 3.8) is 0 Å². The van der Waals surface area contributed by atoms with Crippen molar-refractivity contribution in [1.82, 2.24) is 15.1 Å². The van der Waals surface area contributed by atoms with Gasteiger partial charge in [-0.2, -0.15) is 0 Å². The molecule has 2 heterocycles. The SMILES string of the molecule is CC1CCC(NCCN2CCCN3CCCC3C2)CC1. The predicted octanol–water partition coefficient (Wildman–Crippen LogP) is 2.32. The van der Waals surface area contributed by atoms with E-state index in [0.717, 1.165) is 18.0 Å². The van der Waals surface area contributed by atoms with Crippen LogP contribution in [0.1, 0.15) is 51.9 Å². The number of hydrogen-bond donors (Lipinski definition) is 1. The van der Waals surface area contributed by atoms with Crippen molar-refractivity contribution >= 4 is 0 Å². The van der Waals surface area contributed by atoms with E-state index in [2.05, 4.69) is 22.0 Å². The van der Waals surface area contributed by atoms with Crippen molar-refractivity contribution in [3.8, 4) is 0 Å². The highest BCUT2D eigenvalue weighted by atomic mass is 15.3. The molecule has 20 heavy (non-hydrogen) atoms. The second-order valence-corrected chi connectivity index (χ2v) is 7.40. The van der Waals surface area contributed by atoms with E-state index in [1.54, 1.807) is 0 Å². The van der Waals surface area contributed by atoms with E-state index >= 15 is 0 Å². The lowest BCUT2D eigenvalue weighted by atomic mass is 9.87. The Bertz CT molecular complexity index is 286. The zero-order valence-corrected chi connectivity index (χ0v) is 13.3. The van der Waals surface area contributed by atoms with Gasteiger partial charge in [0.2, 0.25) is 0 Å². The zero-order chi connectivity index (χ0) is 13.8. The average molecular weight is 279 g/mol. The Labute approximate surface area is 125 Å². The van der Waals surface area contributed by atoms with Gasteiger partial charge >= 0.3 is 0 Å². The molecule has 116 valence electrons. The summed E-state index contributed by atoms with van der Waals surface area (Å²) < 4.78 is 0. The fourth-order valence-electron chi connectivity index (χ4n) is 4.38. The van der Waals surface area contributed by atoms with Crippen LogP contribution in [-0.4, -0.2) is 61.2 Å². The molecular formula is C17H33N3. The molecule has 3 nitrogen and oxygen atoms in total. The first-order valence-corrected chi connectivity index (χ1v) is 9.01. The fraction of sp³-hybridized carbons (Fsp3) is 1.00. The molecule has 1 N–H and O–H groups in total. The maximum atomic E-state index is 3.81. The Morgan fingerprint density at radius 1 is 0.950 bits per heavy atom. The summed E-state index contributed by atoms with van der Waals surface area (Å²) in [6, 6.07) is 1.68. The van der Waals surface area contributed by atoms with Gasteiger partial charge in [-0.3, -0.25) is 4.90 Å². The van der Waals surface area contributed by atoms with Crippen LogP contribution in [-0.2, 0) is 0 Å². The van der Waals surface area contributed by atoms with E-state index in [-0.39, 0.29) is 0 Å². The molecule has 3 fully saturated rings. The molecule has 1 aliphatic carbocycles. The molecule has 3 heteroatoms. The van der Waals surface area contributed by atoms with Gasteiger partial charge in [0.25, 0.3) is 0 Å². The lowest BCUT2D eigenvalue weighted by molar-refractivity contribution is 0.215. The summed E-state index contributed by atoms with van der Waals surface area (Å²) in [7, 11) is 0. The van der Waals surface area contributed by atoms with Gasteiger partial charge in [-0.15, -0.1) is 0 Å². The van der Waals surface area contributed by atoms with Gasteiger partial charge in [0, 0.05) is 31.7 Å². The fourth-order valence-corrected chi connectivity index (χ4v) is 4.38. The first-order chi connectivity index (χ1) is 9.81.